The predicted octanol–water partition coefficient (Wildman–Crippen LogP) is 3.90. The minimum absolute atomic E-state index is 0.00698. The molecule has 1 unspecified atom stereocenters. The Morgan fingerprint density at radius 2 is 1.96 bits per heavy atom. The molecule has 1 aromatic heterocycles. The van der Waals surface area contributed by atoms with E-state index in [4.69, 9.17) is 4.74 Å². The van der Waals surface area contributed by atoms with Gasteiger partial charge >= 0.3 is 0 Å². The van der Waals surface area contributed by atoms with Gasteiger partial charge in [0.15, 0.2) is 5.88 Å². The molecule has 0 aliphatic heterocycles. The number of rotatable bonds is 6. The molecule has 2 aromatic carbocycles. The fraction of sp³-hybridized carbons (Fsp3) is 0.300. The predicted molar refractivity (Wildman–Crippen MR) is 109 cm³/mol. The molecule has 6 nitrogen and oxygen atoms in total. The van der Waals surface area contributed by atoms with E-state index in [1.165, 1.54) is 0 Å². The van der Waals surface area contributed by atoms with Crippen molar-refractivity contribution >= 4 is 26.5 Å². The highest BCUT2D eigenvalue weighted by Crippen LogP contribution is 2.36. The third kappa shape index (κ3) is 4.09. The van der Waals surface area contributed by atoms with Crippen molar-refractivity contribution < 1.29 is 18.3 Å². The quantitative estimate of drug-likeness (QED) is 0.671. The topological polar surface area (TPSA) is 80.6 Å². The molecule has 2 N–H and O–H groups in total. The molecule has 3 aromatic rings. The molecule has 0 spiro atoms. The first-order valence-electron chi connectivity index (χ1n) is 8.61. The molecule has 0 saturated carbocycles. The molecule has 3 rings (SSSR count). The zero-order valence-electron chi connectivity index (χ0n) is 15.9. The van der Waals surface area contributed by atoms with Crippen molar-refractivity contribution in [2.75, 3.05) is 24.7 Å². The maximum absolute atomic E-state index is 11.5. The molecule has 0 amide bonds. The van der Waals surface area contributed by atoms with Crippen molar-refractivity contribution in [3.8, 4) is 17.0 Å². The van der Waals surface area contributed by atoms with Crippen LogP contribution in [0.15, 0.2) is 42.6 Å². The molecular formula is C20H24N2O4S. The first-order valence-corrected chi connectivity index (χ1v) is 10.5. The Morgan fingerprint density at radius 1 is 1.22 bits per heavy atom. The number of hydrogen-bond acceptors (Lipinski definition) is 4. The Labute approximate surface area is 159 Å². The lowest BCUT2D eigenvalue weighted by molar-refractivity contribution is 0.158. The highest BCUT2D eigenvalue weighted by Gasteiger charge is 2.16. The number of aryl methyl sites for hydroxylation is 1. The maximum Gasteiger partial charge on any atom is 0.229 e. The highest BCUT2D eigenvalue weighted by atomic mass is 32.2. The fourth-order valence-corrected chi connectivity index (χ4v) is 3.92. The third-order valence-corrected chi connectivity index (χ3v) is 5.10. The number of aromatic nitrogens is 1. The number of fused-ring (bicyclic) bond motifs is 1. The summed E-state index contributed by atoms with van der Waals surface area (Å²) in [5.74, 6) is 0.228. The van der Waals surface area contributed by atoms with Crippen LogP contribution in [0.1, 0.15) is 18.5 Å². The molecule has 7 heteroatoms. The number of ether oxygens (including phenoxy) is 1. The van der Waals surface area contributed by atoms with Crippen LogP contribution < -0.4 is 4.72 Å². The number of hydrogen-bond donors (Lipinski definition) is 2. The summed E-state index contributed by atoms with van der Waals surface area (Å²) in [6, 6.07) is 11.2. The molecular weight excluding hydrogens is 364 g/mol. The van der Waals surface area contributed by atoms with Crippen LogP contribution in [0.2, 0.25) is 0 Å². The Hall–Kier alpha value is -2.51. The summed E-state index contributed by atoms with van der Waals surface area (Å²) >= 11 is 0. The molecule has 1 heterocycles. The van der Waals surface area contributed by atoms with Crippen molar-refractivity contribution in [3.63, 3.8) is 0 Å². The summed E-state index contributed by atoms with van der Waals surface area (Å²) < 4.78 is 32.5. The van der Waals surface area contributed by atoms with Gasteiger partial charge in [0.1, 0.15) is 0 Å². The van der Waals surface area contributed by atoms with E-state index in [-0.39, 0.29) is 11.9 Å². The van der Waals surface area contributed by atoms with E-state index in [2.05, 4.69) is 4.72 Å². The summed E-state index contributed by atoms with van der Waals surface area (Å²) in [4.78, 5) is 0. The fourth-order valence-electron chi connectivity index (χ4n) is 3.36. The van der Waals surface area contributed by atoms with Gasteiger partial charge in [-0.1, -0.05) is 18.2 Å². The van der Waals surface area contributed by atoms with Crippen LogP contribution in [0.5, 0.6) is 5.88 Å². The lowest BCUT2D eigenvalue weighted by Crippen LogP contribution is -2.09. The molecule has 0 bridgehead atoms. The second kappa shape index (κ2) is 7.25. The van der Waals surface area contributed by atoms with Crippen LogP contribution in [0.4, 0.5) is 5.69 Å². The summed E-state index contributed by atoms with van der Waals surface area (Å²) in [6.45, 7) is 4.44. The zero-order chi connectivity index (χ0) is 19.8. The average Bonchev–Trinajstić information content (AvgIpc) is 2.91. The Bertz CT molecular complexity index is 1090. The third-order valence-electron chi connectivity index (χ3n) is 4.49. The number of nitrogens with zero attached hydrogens (tertiary/aromatic N) is 1. The number of aromatic hydroxyl groups is 1. The SMILES string of the molecule is COCC(C)n1cc2cc(-c3cccc(NS(C)(=O)=O)c3)cc(C)c2c1O. The van der Waals surface area contributed by atoms with Crippen LogP contribution in [0.25, 0.3) is 21.9 Å². The van der Waals surface area contributed by atoms with Gasteiger partial charge in [0.25, 0.3) is 0 Å². The summed E-state index contributed by atoms with van der Waals surface area (Å²) in [6.07, 6.45) is 3.05. The zero-order valence-corrected chi connectivity index (χ0v) is 16.7. The van der Waals surface area contributed by atoms with Crippen molar-refractivity contribution in [2.24, 2.45) is 0 Å². The van der Waals surface area contributed by atoms with Gasteiger partial charge in [0.2, 0.25) is 10.0 Å². The molecule has 0 aliphatic carbocycles. The van der Waals surface area contributed by atoms with Gasteiger partial charge in [0, 0.05) is 29.8 Å². The Balaban J connectivity index is 2.08. The van der Waals surface area contributed by atoms with Crippen LogP contribution in [0, 0.1) is 6.92 Å². The van der Waals surface area contributed by atoms with Crippen molar-refractivity contribution in [1.29, 1.82) is 0 Å². The summed E-state index contributed by atoms with van der Waals surface area (Å²) in [7, 11) is -1.70. The van der Waals surface area contributed by atoms with Gasteiger partial charge in [-0.05, 0) is 48.7 Å². The van der Waals surface area contributed by atoms with Gasteiger partial charge in [-0.3, -0.25) is 4.72 Å². The van der Waals surface area contributed by atoms with E-state index < -0.39 is 10.0 Å². The van der Waals surface area contributed by atoms with E-state index >= 15 is 0 Å². The number of anilines is 1. The smallest absolute Gasteiger partial charge is 0.229 e. The molecule has 0 fully saturated rings. The minimum Gasteiger partial charge on any atom is -0.494 e. The summed E-state index contributed by atoms with van der Waals surface area (Å²) in [5.41, 5.74) is 3.31. The van der Waals surface area contributed by atoms with Crippen LogP contribution >= 0.6 is 0 Å². The molecule has 0 saturated heterocycles. The Morgan fingerprint density at radius 3 is 2.63 bits per heavy atom. The number of sulfonamides is 1. The lowest BCUT2D eigenvalue weighted by Gasteiger charge is -2.13. The van der Waals surface area contributed by atoms with Gasteiger partial charge in [-0.25, -0.2) is 8.42 Å². The number of benzene rings is 2. The number of methoxy groups -OCH3 is 1. The highest BCUT2D eigenvalue weighted by molar-refractivity contribution is 7.92. The average molecular weight is 388 g/mol. The van der Waals surface area contributed by atoms with Crippen LogP contribution in [-0.2, 0) is 14.8 Å². The number of nitrogens with one attached hydrogen (secondary N) is 1. The maximum atomic E-state index is 11.5. The first kappa shape index (κ1) is 19.3. The second-order valence-corrected chi connectivity index (χ2v) is 8.63. The van der Waals surface area contributed by atoms with Crippen molar-refractivity contribution in [3.05, 3.63) is 48.2 Å². The van der Waals surface area contributed by atoms with E-state index in [0.717, 1.165) is 33.7 Å². The van der Waals surface area contributed by atoms with Crippen molar-refractivity contribution in [1.82, 2.24) is 4.57 Å². The molecule has 0 radical (unpaired) electrons. The molecule has 0 aliphatic rings. The minimum atomic E-state index is -3.33. The Kier molecular flexibility index (Phi) is 5.17. The summed E-state index contributed by atoms with van der Waals surface area (Å²) in [5, 5.41) is 12.4. The van der Waals surface area contributed by atoms with E-state index in [0.29, 0.717) is 12.3 Å². The largest absolute Gasteiger partial charge is 0.494 e. The molecule has 144 valence electrons. The van der Waals surface area contributed by atoms with Crippen molar-refractivity contribution in [2.45, 2.75) is 19.9 Å². The van der Waals surface area contributed by atoms with E-state index in [1.807, 2.05) is 48.9 Å². The second-order valence-electron chi connectivity index (χ2n) is 6.88. The van der Waals surface area contributed by atoms with E-state index in [1.54, 1.807) is 19.2 Å². The monoisotopic (exact) mass is 388 g/mol. The van der Waals surface area contributed by atoms with Gasteiger partial charge in [-0.2, -0.15) is 0 Å². The van der Waals surface area contributed by atoms with Crippen LogP contribution in [-0.4, -0.2) is 38.1 Å². The normalized spacial score (nSPS) is 13.0. The standard InChI is InChI=1S/C20H24N2O4S/c1-13-8-16(15-6-5-7-18(10-15)21-27(4,24)25)9-17-11-22(14(2)12-26-3)20(23)19(13)17/h5-11,14,21,23H,12H2,1-4H3. The lowest BCUT2D eigenvalue weighted by atomic mass is 9.99. The molecule has 27 heavy (non-hydrogen) atoms. The molecule has 1 atom stereocenters. The van der Waals surface area contributed by atoms with E-state index in [9.17, 15) is 13.5 Å². The first-order chi connectivity index (χ1) is 12.7. The van der Waals surface area contributed by atoms with Gasteiger partial charge < -0.3 is 14.4 Å². The van der Waals surface area contributed by atoms with Gasteiger partial charge in [0.05, 0.1) is 18.9 Å². The van der Waals surface area contributed by atoms with Gasteiger partial charge in [-0.15, -0.1) is 0 Å². The van der Waals surface area contributed by atoms with Crippen LogP contribution in [0.3, 0.4) is 0 Å².